The molecule has 1 fully saturated rings. The molecule has 0 atom stereocenters. The molecule has 0 N–H and O–H groups in total. The van der Waals surface area contributed by atoms with Crippen LogP contribution in [0.1, 0.15) is 6.99 Å². The molecule has 1 aliphatic rings. The normalized spacial score (nSPS) is 16.3. The molecule has 1 heterocycles. The minimum atomic E-state index is -3.60. The molecule has 0 aliphatic carbocycles. The SMILES string of the molecule is Cc1cccc(S(=O)(=O)N2CC(C(=O)OF)C2)c1.[H-].[Li+]. The maximum Gasteiger partial charge on any atom is 1.00 e. The van der Waals surface area contributed by atoms with Gasteiger partial charge in [-0.2, -0.15) is 4.31 Å². The minimum absolute atomic E-state index is 0. The van der Waals surface area contributed by atoms with Gasteiger partial charge in [-0.05, 0) is 24.6 Å². The second-order valence-corrected chi connectivity index (χ2v) is 6.17. The number of carbonyl (C=O) groups excluding carboxylic acids is 1. The summed E-state index contributed by atoms with van der Waals surface area (Å²) in [5, 5.41) is 0. The molecule has 0 spiro atoms. The van der Waals surface area contributed by atoms with Gasteiger partial charge in [0.2, 0.25) is 10.0 Å². The van der Waals surface area contributed by atoms with Crippen LogP contribution in [0.4, 0.5) is 4.53 Å². The van der Waals surface area contributed by atoms with E-state index in [-0.39, 0.29) is 38.3 Å². The van der Waals surface area contributed by atoms with Crippen molar-refractivity contribution in [3.05, 3.63) is 29.8 Å². The number of hydrogen-bond acceptors (Lipinski definition) is 4. The Morgan fingerprint density at radius 2 is 2.11 bits per heavy atom. The van der Waals surface area contributed by atoms with Gasteiger partial charge in [0.05, 0.1) is 10.8 Å². The van der Waals surface area contributed by atoms with Crippen LogP contribution < -0.4 is 18.9 Å². The predicted molar refractivity (Wildman–Crippen MR) is 61.7 cm³/mol. The van der Waals surface area contributed by atoms with Gasteiger partial charge in [0.1, 0.15) is 0 Å². The summed E-state index contributed by atoms with van der Waals surface area (Å²) in [6.07, 6.45) is 0. The van der Waals surface area contributed by atoms with Crippen molar-refractivity contribution < 1.29 is 43.0 Å². The van der Waals surface area contributed by atoms with Crippen molar-refractivity contribution in [1.29, 1.82) is 0 Å². The molecule has 1 aromatic carbocycles. The van der Waals surface area contributed by atoms with Gasteiger partial charge in [-0.1, -0.05) is 12.1 Å². The predicted octanol–water partition coefficient (Wildman–Crippen LogP) is -1.84. The first-order valence-corrected chi connectivity index (χ1v) is 6.78. The average Bonchev–Trinajstić information content (AvgIpc) is 2.26. The summed E-state index contributed by atoms with van der Waals surface area (Å²) >= 11 is 0. The van der Waals surface area contributed by atoms with Gasteiger partial charge in [0.15, 0.2) is 0 Å². The number of hydrogen-bond donors (Lipinski definition) is 0. The van der Waals surface area contributed by atoms with Crippen LogP contribution in [0.15, 0.2) is 29.2 Å². The molecule has 0 bridgehead atoms. The van der Waals surface area contributed by atoms with E-state index < -0.39 is 21.9 Å². The van der Waals surface area contributed by atoms with E-state index in [1.807, 2.05) is 0 Å². The third-order valence-electron chi connectivity index (χ3n) is 2.88. The molecule has 8 heteroatoms. The molecular formula is C11H13FLiNO4S. The molecule has 1 saturated heterocycles. The van der Waals surface area contributed by atoms with E-state index in [0.29, 0.717) is 0 Å². The van der Waals surface area contributed by atoms with Gasteiger partial charge in [0.25, 0.3) is 0 Å². The second-order valence-electron chi connectivity index (χ2n) is 4.23. The van der Waals surface area contributed by atoms with Crippen molar-refractivity contribution in [3.8, 4) is 0 Å². The van der Waals surface area contributed by atoms with Crippen LogP contribution in [-0.4, -0.2) is 31.8 Å². The number of carbonyl (C=O) groups is 1. The van der Waals surface area contributed by atoms with Crippen molar-refractivity contribution in [2.45, 2.75) is 11.8 Å². The molecule has 0 unspecified atom stereocenters. The van der Waals surface area contributed by atoms with E-state index in [1.165, 1.54) is 6.07 Å². The van der Waals surface area contributed by atoms with E-state index in [2.05, 4.69) is 4.94 Å². The Labute approximate surface area is 124 Å². The molecule has 2 rings (SSSR count). The number of sulfonamides is 1. The summed E-state index contributed by atoms with van der Waals surface area (Å²) in [5.74, 6) is -1.74. The van der Waals surface area contributed by atoms with Crippen LogP contribution in [0.3, 0.4) is 0 Å². The molecule has 5 nitrogen and oxygen atoms in total. The van der Waals surface area contributed by atoms with Crippen LogP contribution in [-0.2, 0) is 19.8 Å². The smallest absolute Gasteiger partial charge is 1.00 e. The van der Waals surface area contributed by atoms with Crippen LogP contribution in [0.2, 0.25) is 0 Å². The number of benzene rings is 1. The van der Waals surface area contributed by atoms with Crippen LogP contribution in [0, 0.1) is 12.8 Å². The molecular weight excluding hydrogens is 268 g/mol. The fourth-order valence-electron chi connectivity index (χ4n) is 1.77. The van der Waals surface area contributed by atoms with E-state index in [4.69, 9.17) is 0 Å². The molecule has 0 radical (unpaired) electrons. The third kappa shape index (κ3) is 3.18. The maximum atomic E-state index is 12.1. The second kappa shape index (κ2) is 6.05. The fraction of sp³-hybridized carbons (Fsp3) is 0.364. The van der Waals surface area contributed by atoms with Crippen LogP contribution >= 0.6 is 0 Å². The van der Waals surface area contributed by atoms with Crippen LogP contribution in [0.25, 0.3) is 0 Å². The summed E-state index contributed by atoms with van der Waals surface area (Å²) in [6, 6.07) is 6.48. The molecule has 0 aromatic heterocycles. The first-order chi connectivity index (χ1) is 8.45. The molecule has 0 amide bonds. The Bertz CT molecular complexity index is 578. The molecule has 19 heavy (non-hydrogen) atoms. The zero-order valence-corrected chi connectivity index (χ0v) is 11.5. The van der Waals surface area contributed by atoms with Crippen LogP contribution in [0.5, 0.6) is 0 Å². The number of halogens is 1. The number of aryl methyl sites for hydroxylation is 1. The number of rotatable bonds is 3. The maximum absolute atomic E-state index is 12.1. The summed E-state index contributed by atoms with van der Waals surface area (Å²) in [6.45, 7) is 1.70. The largest absolute Gasteiger partial charge is 1.00 e. The van der Waals surface area contributed by atoms with E-state index >= 15 is 0 Å². The van der Waals surface area contributed by atoms with Gasteiger partial charge < -0.3 is 1.43 Å². The first-order valence-electron chi connectivity index (χ1n) is 5.34. The number of nitrogens with zero attached hydrogens (tertiary/aromatic N) is 1. The van der Waals surface area contributed by atoms with Crippen molar-refractivity contribution in [1.82, 2.24) is 4.31 Å². The summed E-state index contributed by atoms with van der Waals surface area (Å²) in [5.41, 5.74) is 0.830. The topological polar surface area (TPSA) is 63.7 Å². The quantitative estimate of drug-likeness (QED) is 0.611. The zero-order chi connectivity index (χ0) is 13.3. The van der Waals surface area contributed by atoms with E-state index in [1.54, 1.807) is 25.1 Å². The Morgan fingerprint density at radius 3 is 2.63 bits per heavy atom. The van der Waals surface area contributed by atoms with Gasteiger partial charge >= 0.3 is 24.8 Å². The van der Waals surface area contributed by atoms with Gasteiger partial charge in [0, 0.05) is 17.6 Å². The molecule has 0 saturated carbocycles. The van der Waals surface area contributed by atoms with Crippen molar-refractivity contribution in [2.24, 2.45) is 5.92 Å². The average molecular weight is 281 g/mol. The Kier molecular flexibility index (Phi) is 5.16. The Balaban J connectivity index is 0.00000180. The minimum Gasteiger partial charge on any atom is -1.00 e. The summed E-state index contributed by atoms with van der Waals surface area (Å²) in [7, 11) is -3.60. The van der Waals surface area contributed by atoms with E-state index in [9.17, 15) is 17.7 Å². The third-order valence-corrected chi connectivity index (χ3v) is 4.71. The standard InChI is InChI=1S/C11H12FNO4S.Li.H/c1-8-3-2-4-10(5-8)18(15,16)13-6-9(7-13)11(14)17-12;;/h2-5,9H,6-7H2,1H3;;/q;+1;-1. The molecule has 1 aromatic rings. The van der Waals surface area contributed by atoms with Gasteiger partial charge in [-0.15, -0.1) is 0 Å². The van der Waals surface area contributed by atoms with Crippen molar-refractivity contribution >= 4 is 16.0 Å². The molecule has 100 valence electrons. The Hall–Kier alpha value is -0.873. The van der Waals surface area contributed by atoms with Crippen molar-refractivity contribution in [2.75, 3.05) is 13.1 Å². The van der Waals surface area contributed by atoms with E-state index in [0.717, 1.165) is 9.87 Å². The first kappa shape index (κ1) is 16.2. The van der Waals surface area contributed by atoms with Gasteiger partial charge in [-0.3, -0.25) is 4.94 Å². The molecule has 1 aliphatic heterocycles. The van der Waals surface area contributed by atoms with Gasteiger partial charge in [-0.25, -0.2) is 13.2 Å². The Morgan fingerprint density at radius 1 is 1.47 bits per heavy atom. The monoisotopic (exact) mass is 281 g/mol. The summed E-state index contributed by atoms with van der Waals surface area (Å²) in [4.78, 5) is 14.1. The summed E-state index contributed by atoms with van der Waals surface area (Å²) < 4.78 is 37.0. The fourth-order valence-corrected chi connectivity index (χ4v) is 3.41. The zero-order valence-electron chi connectivity index (χ0n) is 11.7. The van der Waals surface area contributed by atoms with Crippen molar-refractivity contribution in [3.63, 3.8) is 0 Å².